The van der Waals surface area contributed by atoms with Crippen molar-refractivity contribution in [3.63, 3.8) is 0 Å². The smallest absolute Gasteiger partial charge is 0.323 e. The van der Waals surface area contributed by atoms with E-state index in [1.165, 1.54) is 14.7 Å². The molecular weight excluding hydrogens is 386 g/mol. The fourth-order valence-electron chi connectivity index (χ4n) is 4.53. The zero-order valence-corrected chi connectivity index (χ0v) is 17.7. The first-order chi connectivity index (χ1) is 14.3. The van der Waals surface area contributed by atoms with Crippen molar-refractivity contribution in [2.75, 3.05) is 40.3 Å². The number of carbonyl (C=O) groups excluding carboxylic acids is 3. The molecule has 3 atom stereocenters. The summed E-state index contributed by atoms with van der Waals surface area (Å²) in [6.07, 6.45) is 1.02. The van der Waals surface area contributed by atoms with Gasteiger partial charge in [0.15, 0.2) is 0 Å². The lowest BCUT2D eigenvalue weighted by Gasteiger charge is -2.34. The molecule has 0 aliphatic carbocycles. The zero-order chi connectivity index (χ0) is 21.4. The number of fused-ring (bicyclic) bond motifs is 1. The first kappa shape index (κ1) is 20.3. The molecule has 3 heterocycles. The van der Waals surface area contributed by atoms with Gasteiger partial charge >= 0.3 is 12.1 Å². The Morgan fingerprint density at radius 1 is 1.23 bits per heavy atom. The van der Waals surface area contributed by atoms with Gasteiger partial charge in [0, 0.05) is 33.1 Å². The molecule has 0 bridgehead atoms. The molecule has 9 heteroatoms. The second-order valence-corrected chi connectivity index (χ2v) is 8.42. The van der Waals surface area contributed by atoms with Crippen LogP contribution in [0.25, 0.3) is 0 Å². The molecule has 0 aromatic heterocycles. The topological polar surface area (TPSA) is 85.4 Å². The highest BCUT2D eigenvalue weighted by Crippen LogP contribution is 2.27. The van der Waals surface area contributed by atoms with Crippen molar-refractivity contribution in [1.82, 2.24) is 24.9 Å². The summed E-state index contributed by atoms with van der Waals surface area (Å²) < 4.78 is 5.94. The van der Waals surface area contributed by atoms with Crippen LogP contribution in [-0.4, -0.2) is 90.2 Å². The van der Waals surface area contributed by atoms with E-state index in [-0.39, 0.29) is 30.4 Å². The molecule has 30 heavy (non-hydrogen) atoms. The maximum absolute atomic E-state index is 13.0. The third-order valence-corrected chi connectivity index (χ3v) is 6.20. The van der Waals surface area contributed by atoms with E-state index in [0.717, 1.165) is 24.2 Å². The molecule has 5 amide bonds. The van der Waals surface area contributed by atoms with E-state index in [9.17, 15) is 14.4 Å². The van der Waals surface area contributed by atoms with Gasteiger partial charge in [0.25, 0.3) is 0 Å². The number of likely N-dealkylation sites (tertiary alicyclic amines) is 1. The first-order valence-electron chi connectivity index (χ1n) is 10.4. The number of hydrogen-bond donors (Lipinski definition) is 1. The maximum atomic E-state index is 13.0. The number of carbonyl (C=O) groups is 3. The Balaban J connectivity index is 1.34. The molecule has 0 spiro atoms. The van der Waals surface area contributed by atoms with Gasteiger partial charge in [0.2, 0.25) is 5.91 Å². The van der Waals surface area contributed by atoms with Gasteiger partial charge in [0.05, 0.1) is 6.61 Å². The van der Waals surface area contributed by atoms with E-state index < -0.39 is 12.3 Å². The first-order valence-corrected chi connectivity index (χ1v) is 10.4. The zero-order valence-electron chi connectivity index (χ0n) is 17.7. The molecule has 3 aliphatic heterocycles. The van der Waals surface area contributed by atoms with Gasteiger partial charge in [-0.1, -0.05) is 12.1 Å². The monoisotopic (exact) mass is 415 g/mol. The standard InChI is InChI=1S/C21H29N5O4/c1-14-6-4-8-16(10-14)30-13-15-7-5-9-25(11-15)17(27)12-26-19-18(22-20(26)28)23(2)21(29)24(19)3/h4,6,8,10,15,18-19H,5,7,9,11-13H2,1-3H3,(H,22,28)/t15-,18+,19-/m1/s1. The van der Waals surface area contributed by atoms with Crippen LogP contribution < -0.4 is 10.1 Å². The number of amides is 5. The number of likely N-dealkylation sites (N-methyl/N-ethyl adjacent to an activating group) is 2. The molecule has 9 nitrogen and oxygen atoms in total. The molecular formula is C21H29N5O4. The van der Waals surface area contributed by atoms with Gasteiger partial charge in [-0.25, -0.2) is 9.59 Å². The van der Waals surface area contributed by atoms with Crippen LogP contribution in [0.15, 0.2) is 24.3 Å². The number of piperidine rings is 1. The molecule has 3 aliphatic rings. The van der Waals surface area contributed by atoms with Crippen molar-refractivity contribution in [1.29, 1.82) is 0 Å². The van der Waals surface area contributed by atoms with Crippen LogP contribution in [0.2, 0.25) is 0 Å². The molecule has 1 N–H and O–H groups in total. The van der Waals surface area contributed by atoms with Crippen molar-refractivity contribution in [2.24, 2.45) is 5.92 Å². The minimum atomic E-state index is -0.468. The number of rotatable bonds is 5. The molecule has 3 saturated heterocycles. The number of ether oxygens (including phenoxy) is 1. The lowest BCUT2D eigenvalue weighted by Crippen LogP contribution is -2.51. The minimum Gasteiger partial charge on any atom is -0.493 e. The van der Waals surface area contributed by atoms with E-state index in [0.29, 0.717) is 19.7 Å². The number of hydrogen-bond acceptors (Lipinski definition) is 4. The Labute approximate surface area is 176 Å². The highest BCUT2D eigenvalue weighted by Gasteiger charge is 2.53. The predicted octanol–water partition coefficient (Wildman–Crippen LogP) is 1.29. The van der Waals surface area contributed by atoms with Gasteiger partial charge in [-0.15, -0.1) is 0 Å². The molecule has 1 aromatic carbocycles. The van der Waals surface area contributed by atoms with Crippen molar-refractivity contribution in [3.8, 4) is 5.75 Å². The second kappa shape index (κ2) is 8.04. The van der Waals surface area contributed by atoms with Crippen LogP contribution in [0.1, 0.15) is 18.4 Å². The molecule has 1 aromatic rings. The van der Waals surface area contributed by atoms with Gasteiger partial charge in [-0.2, -0.15) is 0 Å². The summed E-state index contributed by atoms with van der Waals surface area (Å²) in [6.45, 7) is 3.84. The summed E-state index contributed by atoms with van der Waals surface area (Å²) in [5, 5.41) is 2.80. The number of urea groups is 2. The van der Waals surface area contributed by atoms with Crippen LogP contribution >= 0.6 is 0 Å². The summed E-state index contributed by atoms with van der Waals surface area (Å²) in [5.74, 6) is 1.00. The molecule has 0 unspecified atom stereocenters. The SMILES string of the molecule is Cc1cccc(OC[C@@H]2CCCN(C(=O)CN3C(=O)N[C@@H]4[C@@H]3N(C)C(=O)N4C)C2)c1. The van der Waals surface area contributed by atoms with Crippen molar-refractivity contribution < 1.29 is 19.1 Å². The Bertz CT molecular complexity index is 846. The van der Waals surface area contributed by atoms with E-state index >= 15 is 0 Å². The number of aryl methyl sites for hydroxylation is 1. The third-order valence-electron chi connectivity index (χ3n) is 6.20. The van der Waals surface area contributed by atoms with Crippen molar-refractivity contribution in [2.45, 2.75) is 32.1 Å². The maximum Gasteiger partial charge on any atom is 0.323 e. The van der Waals surface area contributed by atoms with E-state index in [2.05, 4.69) is 5.32 Å². The van der Waals surface area contributed by atoms with E-state index in [1.807, 2.05) is 36.1 Å². The molecule has 4 rings (SSSR count). The summed E-state index contributed by atoms with van der Waals surface area (Å²) >= 11 is 0. The number of nitrogens with zero attached hydrogens (tertiary/aromatic N) is 4. The Morgan fingerprint density at radius 2 is 2.03 bits per heavy atom. The fraction of sp³-hybridized carbons (Fsp3) is 0.571. The van der Waals surface area contributed by atoms with Crippen LogP contribution in [0.3, 0.4) is 0 Å². The fourth-order valence-corrected chi connectivity index (χ4v) is 4.53. The summed E-state index contributed by atoms with van der Waals surface area (Å²) in [7, 11) is 3.30. The Morgan fingerprint density at radius 3 is 2.80 bits per heavy atom. The van der Waals surface area contributed by atoms with Crippen molar-refractivity contribution >= 4 is 18.0 Å². The van der Waals surface area contributed by atoms with Gasteiger partial charge in [0.1, 0.15) is 24.6 Å². The molecule has 3 fully saturated rings. The van der Waals surface area contributed by atoms with Crippen LogP contribution in [0, 0.1) is 12.8 Å². The van der Waals surface area contributed by atoms with Gasteiger partial charge in [-0.3, -0.25) is 9.69 Å². The normalized spacial score (nSPS) is 26.2. The van der Waals surface area contributed by atoms with E-state index in [4.69, 9.17) is 4.74 Å². The third kappa shape index (κ3) is 3.76. The Hall–Kier alpha value is -2.97. The van der Waals surface area contributed by atoms with Gasteiger partial charge < -0.3 is 24.8 Å². The minimum absolute atomic E-state index is 0.0378. The van der Waals surface area contributed by atoms with E-state index in [1.54, 1.807) is 14.1 Å². The quantitative estimate of drug-likeness (QED) is 0.785. The lowest BCUT2D eigenvalue weighted by molar-refractivity contribution is -0.134. The number of benzene rings is 1. The van der Waals surface area contributed by atoms with Gasteiger partial charge in [-0.05, 0) is 37.5 Å². The van der Waals surface area contributed by atoms with Crippen LogP contribution in [0.4, 0.5) is 9.59 Å². The lowest BCUT2D eigenvalue weighted by atomic mass is 9.99. The average Bonchev–Trinajstić information content (AvgIpc) is 3.16. The highest BCUT2D eigenvalue weighted by molar-refractivity contribution is 5.88. The predicted molar refractivity (Wildman–Crippen MR) is 110 cm³/mol. The number of nitrogens with one attached hydrogen (secondary N) is 1. The summed E-state index contributed by atoms with van der Waals surface area (Å²) in [6, 6.07) is 7.45. The summed E-state index contributed by atoms with van der Waals surface area (Å²) in [5.41, 5.74) is 1.15. The van der Waals surface area contributed by atoms with Crippen LogP contribution in [-0.2, 0) is 4.79 Å². The van der Waals surface area contributed by atoms with Crippen LogP contribution in [0.5, 0.6) is 5.75 Å². The largest absolute Gasteiger partial charge is 0.493 e. The molecule has 0 radical (unpaired) electrons. The highest BCUT2D eigenvalue weighted by atomic mass is 16.5. The second-order valence-electron chi connectivity index (χ2n) is 8.42. The molecule has 162 valence electrons. The summed E-state index contributed by atoms with van der Waals surface area (Å²) in [4.78, 5) is 43.8. The van der Waals surface area contributed by atoms with Crippen molar-refractivity contribution in [3.05, 3.63) is 29.8 Å². The Kier molecular flexibility index (Phi) is 5.44. The molecule has 0 saturated carbocycles. The average molecular weight is 415 g/mol.